The van der Waals surface area contributed by atoms with Crippen molar-refractivity contribution in [3.8, 4) is 0 Å². The van der Waals surface area contributed by atoms with Crippen molar-refractivity contribution in [2.45, 2.75) is 13.3 Å². The lowest BCUT2D eigenvalue weighted by Gasteiger charge is -2.07. The van der Waals surface area contributed by atoms with E-state index >= 15 is 0 Å². The molecule has 0 atom stereocenters. The van der Waals surface area contributed by atoms with E-state index in [0.29, 0.717) is 17.9 Å². The minimum atomic E-state index is -0.379. The maximum atomic E-state index is 12.1. The van der Waals surface area contributed by atoms with Crippen LogP contribution in [0.4, 0.5) is 5.69 Å². The molecule has 1 heterocycles. The fraction of sp³-hybridized carbons (Fsp3) is 0.214. The molecule has 0 aliphatic rings. The molecule has 5 nitrogen and oxygen atoms in total. The van der Waals surface area contributed by atoms with Gasteiger partial charge in [0.1, 0.15) is 5.82 Å². The van der Waals surface area contributed by atoms with Crippen LogP contribution in [0.25, 0.3) is 0 Å². The molecule has 2 aromatic rings. The Labute approximate surface area is 121 Å². The largest absolute Gasteiger partial charge is 0.396 e. The Kier molecular flexibility index (Phi) is 4.65. The number of benzene rings is 1. The van der Waals surface area contributed by atoms with Crippen LogP contribution in [0.3, 0.4) is 0 Å². The van der Waals surface area contributed by atoms with Crippen molar-refractivity contribution in [1.29, 1.82) is 0 Å². The van der Waals surface area contributed by atoms with E-state index in [0.717, 1.165) is 5.56 Å². The van der Waals surface area contributed by atoms with Gasteiger partial charge in [-0.3, -0.25) is 4.79 Å². The molecular formula is C14H14ClN3O2. The second-order valence-corrected chi connectivity index (χ2v) is 4.65. The molecule has 1 amide bonds. The highest BCUT2D eigenvalue weighted by Gasteiger charge is 2.13. The first kappa shape index (κ1) is 14.4. The molecule has 0 bridgehead atoms. The van der Waals surface area contributed by atoms with Crippen molar-refractivity contribution in [2.24, 2.45) is 0 Å². The molecule has 0 aliphatic carbocycles. The molecule has 0 radical (unpaired) electrons. The Morgan fingerprint density at radius 3 is 2.70 bits per heavy atom. The van der Waals surface area contributed by atoms with Crippen molar-refractivity contribution in [3.05, 3.63) is 52.6 Å². The first-order chi connectivity index (χ1) is 9.60. The van der Waals surface area contributed by atoms with E-state index in [1.54, 1.807) is 19.1 Å². The summed E-state index contributed by atoms with van der Waals surface area (Å²) in [6, 6.07) is 7.23. The van der Waals surface area contributed by atoms with Crippen molar-refractivity contribution in [2.75, 3.05) is 11.9 Å². The molecule has 104 valence electrons. The van der Waals surface area contributed by atoms with Gasteiger partial charge in [-0.15, -0.1) is 0 Å². The van der Waals surface area contributed by atoms with E-state index < -0.39 is 0 Å². The fourth-order valence-electron chi connectivity index (χ4n) is 1.69. The molecule has 0 saturated carbocycles. The molecule has 1 aromatic carbocycles. The highest BCUT2D eigenvalue weighted by Crippen LogP contribution is 2.15. The summed E-state index contributed by atoms with van der Waals surface area (Å²) >= 11 is 5.91. The lowest BCUT2D eigenvalue weighted by Crippen LogP contribution is -2.15. The third kappa shape index (κ3) is 3.53. The number of rotatable bonds is 4. The summed E-state index contributed by atoms with van der Waals surface area (Å²) in [5.74, 6) is 0.105. The average Bonchev–Trinajstić information content (AvgIpc) is 2.44. The van der Waals surface area contributed by atoms with Gasteiger partial charge in [-0.25, -0.2) is 9.97 Å². The zero-order valence-electron chi connectivity index (χ0n) is 10.9. The summed E-state index contributed by atoms with van der Waals surface area (Å²) in [5.41, 5.74) is 1.80. The van der Waals surface area contributed by atoms with Gasteiger partial charge in [-0.2, -0.15) is 0 Å². The predicted molar refractivity (Wildman–Crippen MR) is 77.0 cm³/mol. The molecular weight excluding hydrogens is 278 g/mol. The Hall–Kier alpha value is -1.98. The Balaban J connectivity index is 2.13. The zero-order chi connectivity index (χ0) is 14.5. The average molecular weight is 292 g/mol. The van der Waals surface area contributed by atoms with Crippen molar-refractivity contribution in [3.63, 3.8) is 0 Å². The summed E-state index contributed by atoms with van der Waals surface area (Å²) in [5, 5.41) is 11.8. The molecule has 0 unspecified atom stereocenters. The minimum absolute atomic E-state index is 0.0987. The quantitative estimate of drug-likeness (QED) is 0.906. The number of hydrogen-bond acceptors (Lipinski definition) is 4. The number of carbonyl (C=O) groups excluding carboxylic acids is 1. The van der Waals surface area contributed by atoms with Crippen LogP contribution in [0.15, 0.2) is 30.5 Å². The smallest absolute Gasteiger partial charge is 0.275 e. The molecule has 2 N–H and O–H groups in total. The van der Waals surface area contributed by atoms with Crippen molar-refractivity contribution in [1.82, 2.24) is 9.97 Å². The van der Waals surface area contributed by atoms with Gasteiger partial charge < -0.3 is 10.4 Å². The van der Waals surface area contributed by atoms with Crippen LogP contribution >= 0.6 is 11.6 Å². The highest BCUT2D eigenvalue weighted by molar-refractivity contribution is 6.33. The first-order valence-electron chi connectivity index (χ1n) is 6.10. The Morgan fingerprint density at radius 2 is 2.05 bits per heavy atom. The number of carbonyl (C=O) groups is 1. The summed E-state index contributed by atoms with van der Waals surface area (Å²) in [7, 11) is 0. The molecule has 0 aliphatic heterocycles. The molecule has 0 fully saturated rings. The van der Waals surface area contributed by atoms with Crippen LogP contribution in [0, 0.1) is 6.92 Å². The number of hydrogen-bond donors (Lipinski definition) is 2. The second-order valence-electron chi connectivity index (χ2n) is 4.24. The molecule has 20 heavy (non-hydrogen) atoms. The number of nitrogens with one attached hydrogen (secondary N) is 1. The molecule has 1 aromatic heterocycles. The number of aliphatic hydroxyl groups is 1. The lowest BCUT2D eigenvalue weighted by molar-refractivity contribution is 0.102. The van der Waals surface area contributed by atoms with Gasteiger partial charge in [0.15, 0.2) is 5.69 Å². The van der Waals surface area contributed by atoms with Gasteiger partial charge in [-0.1, -0.05) is 23.7 Å². The van der Waals surface area contributed by atoms with Crippen LogP contribution in [0.1, 0.15) is 21.9 Å². The molecule has 2 rings (SSSR count). The van der Waals surface area contributed by atoms with E-state index in [9.17, 15) is 4.79 Å². The van der Waals surface area contributed by atoms with E-state index in [-0.39, 0.29) is 23.2 Å². The van der Waals surface area contributed by atoms with E-state index in [1.807, 2.05) is 12.1 Å². The van der Waals surface area contributed by atoms with Gasteiger partial charge in [0.2, 0.25) is 0 Å². The summed E-state index contributed by atoms with van der Waals surface area (Å²) in [4.78, 5) is 20.0. The number of nitrogens with zero attached hydrogens (tertiary/aromatic N) is 2. The number of halogens is 1. The number of aryl methyl sites for hydroxylation is 1. The van der Waals surface area contributed by atoms with Gasteiger partial charge in [0, 0.05) is 12.3 Å². The predicted octanol–water partition coefficient (Wildman–Crippen LogP) is 2.23. The fourth-order valence-corrected chi connectivity index (χ4v) is 1.87. The molecule has 6 heteroatoms. The molecule has 0 saturated heterocycles. The van der Waals surface area contributed by atoms with Crippen molar-refractivity contribution < 1.29 is 9.90 Å². The number of aromatic nitrogens is 2. The van der Waals surface area contributed by atoms with Gasteiger partial charge in [-0.05, 0) is 31.0 Å². The maximum absolute atomic E-state index is 12.1. The number of amides is 1. The van der Waals surface area contributed by atoms with Crippen LogP contribution in [-0.2, 0) is 6.42 Å². The number of aliphatic hydroxyl groups excluding tert-OH is 1. The summed E-state index contributed by atoms with van der Waals surface area (Å²) in [6.45, 7) is 1.79. The van der Waals surface area contributed by atoms with Gasteiger partial charge in [0.05, 0.1) is 11.2 Å². The lowest BCUT2D eigenvalue weighted by atomic mass is 10.1. The van der Waals surface area contributed by atoms with Crippen LogP contribution in [-0.4, -0.2) is 27.6 Å². The van der Waals surface area contributed by atoms with Crippen molar-refractivity contribution >= 4 is 23.2 Å². The standard InChI is InChI=1S/C14H14ClN3O2/c1-9-16-8-12(15)13(17-9)14(20)18-11-4-2-10(3-5-11)6-7-19/h2-5,8,19H,6-7H2,1H3,(H,18,20). The summed E-state index contributed by atoms with van der Waals surface area (Å²) in [6.07, 6.45) is 1.99. The Morgan fingerprint density at radius 1 is 1.35 bits per heavy atom. The minimum Gasteiger partial charge on any atom is -0.396 e. The Bertz CT molecular complexity index is 614. The third-order valence-electron chi connectivity index (χ3n) is 2.69. The highest BCUT2D eigenvalue weighted by atomic mass is 35.5. The zero-order valence-corrected chi connectivity index (χ0v) is 11.7. The number of anilines is 1. The van der Waals surface area contributed by atoms with E-state index in [2.05, 4.69) is 15.3 Å². The summed E-state index contributed by atoms with van der Waals surface area (Å²) < 4.78 is 0. The van der Waals surface area contributed by atoms with Crippen LogP contribution < -0.4 is 5.32 Å². The van der Waals surface area contributed by atoms with E-state index in [1.165, 1.54) is 6.20 Å². The normalized spacial score (nSPS) is 10.3. The van der Waals surface area contributed by atoms with Gasteiger partial charge in [0.25, 0.3) is 5.91 Å². The maximum Gasteiger partial charge on any atom is 0.275 e. The van der Waals surface area contributed by atoms with E-state index in [4.69, 9.17) is 16.7 Å². The molecule has 0 spiro atoms. The van der Waals surface area contributed by atoms with Crippen LogP contribution in [0.2, 0.25) is 5.02 Å². The topological polar surface area (TPSA) is 75.1 Å². The third-order valence-corrected chi connectivity index (χ3v) is 2.97. The SMILES string of the molecule is Cc1ncc(Cl)c(C(=O)Nc2ccc(CCO)cc2)n1. The monoisotopic (exact) mass is 291 g/mol. The van der Waals surface area contributed by atoms with Crippen LogP contribution in [0.5, 0.6) is 0 Å². The first-order valence-corrected chi connectivity index (χ1v) is 6.48. The van der Waals surface area contributed by atoms with Gasteiger partial charge >= 0.3 is 0 Å². The second kappa shape index (κ2) is 6.45.